The molecule has 6 heteroatoms. The van der Waals surface area contributed by atoms with Crippen LogP contribution in [-0.2, 0) is 9.47 Å². The van der Waals surface area contributed by atoms with Gasteiger partial charge in [0.05, 0.1) is 13.2 Å². The van der Waals surface area contributed by atoms with Gasteiger partial charge in [0.15, 0.2) is 0 Å². The summed E-state index contributed by atoms with van der Waals surface area (Å²) in [6.45, 7) is 5.37. The molecular formula is C15H25N3O3. The molecule has 1 aromatic rings. The maximum atomic E-state index is 11.9. The molecule has 0 bridgehead atoms. The zero-order valence-corrected chi connectivity index (χ0v) is 12.9. The normalized spacial score (nSPS) is 10.4. The van der Waals surface area contributed by atoms with Crippen molar-refractivity contribution in [1.82, 2.24) is 10.3 Å². The molecule has 1 rings (SSSR count). The first-order valence-electron chi connectivity index (χ1n) is 7.32. The predicted molar refractivity (Wildman–Crippen MR) is 82.7 cm³/mol. The Morgan fingerprint density at radius 3 is 2.90 bits per heavy atom. The van der Waals surface area contributed by atoms with Crippen LogP contribution in [0.1, 0.15) is 30.3 Å². The summed E-state index contributed by atoms with van der Waals surface area (Å²) in [5, 5.41) is 6.02. The summed E-state index contributed by atoms with van der Waals surface area (Å²) in [5.74, 6) is -0.143. The Hall–Kier alpha value is -1.66. The highest BCUT2D eigenvalue weighted by Crippen LogP contribution is 2.07. The molecule has 1 heterocycles. The highest BCUT2D eigenvalue weighted by Gasteiger charge is 2.06. The van der Waals surface area contributed by atoms with Crippen molar-refractivity contribution in [2.24, 2.45) is 0 Å². The molecule has 1 amide bonds. The van der Waals surface area contributed by atoms with Gasteiger partial charge < -0.3 is 20.1 Å². The van der Waals surface area contributed by atoms with Crippen LogP contribution < -0.4 is 10.6 Å². The largest absolute Gasteiger partial charge is 0.385 e. The van der Waals surface area contributed by atoms with Crippen molar-refractivity contribution in [2.45, 2.75) is 19.8 Å². The Labute approximate surface area is 126 Å². The molecular weight excluding hydrogens is 270 g/mol. The molecule has 21 heavy (non-hydrogen) atoms. The number of pyridine rings is 1. The number of amides is 1. The van der Waals surface area contributed by atoms with Crippen LogP contribution in [0.15, 0.2) is 18.3 Å². The monoisotopic (exact) mass is 295 g/mol. The van der Waals surface area contributed by atoms with E-state index in [1.807, 2.05) is 13.0 Å². The number of nitrogens with zero attached hydrogens (tertiary/aromatic N) is 1. The first-order valence-corrected chi connectivity index (χ1v) is 7.32. The number of aromatic nitrogens is 1. The third kappa shape index (κ3) is 7.63. The standard InChI is InChI=1S/C15H25N3O3/c1-3-16-13-6-8-17-14(12-13)15(19)18-7-4-5-9-21-11-10-20-2/h6,8,12H,3-5,7,9-11H2,1-2H3,(H,16,17)(H,18,19). The number of hydrogen-bond acceptors (Lipinski definition) is 5. The van der Waals surface area contributed by atoms with E-state index in [0.717, 1.165) is 25.1 Å². The average molecular weight is 295 g/mol. The quantitative estimate of drug-likeness (QED) is 0.608. The van der Waals surface area contributed by atoms with Crippen molar-refractivity contribution >= 4 is 11.6 Å². The zero-order valence-electron chi connectivity index (χ0n) is 12.9. The Bertz CT molecular complexity index is 413. The maximum absolute atomic E-state index is 11.9. The summed E-state index contributed by atoms with van der Waals surface area (Å²) in [7, 11) is 1.65. The van der Waals surface area contributed by atoms with Gasteiger partial charge in [-0.3, -0.25) is 9.78 Å². The average Bonchev–Trinajstić information content (AvgIpc) is 2.50. The van der Waals surface area contributed by atoms with Crippen molar-refractivity contribution in [1.29, 1.82) is 0 Å². The second-order valence-electron chi connectivity index (χ2n) is 4.53. The second-order valence-corrected chi connectivity index (χ2v) is 4.53. The highest BCUT2D eigenvalue weighted by atomic mass is 16.5. The molecule has 6 nitrogen and oxygen atoms in total. The minimum absolute atomic E-state index is 0.143. The lowest BCUT2D eigenvalue weighted by atomic mass is 10.3. The predicted octanol–water partition coefficient (Wildman–Crippen LogP) is 1.69. The number of anilines is 1. The summed E-state index contributed by atoms with van der Waals surface area (Å²) in [6, 6.07) is 3.60. The van der Waals surface area contributed by atoms with E-state index in [2.05, 4.69) is 15.6 Å². The Kier molecular flexibility index (Phi) is 9.15. The zero-order chi connectivity index (χ0) is 15.3. The van der Waals surface area contributed by atoms with E-state index < -0.39 is 0 Å². The topological polar surface area (TPSA) is 72.5 Å². The minimum Gasteiger partial charge on any atom is -0.385 e. The Morgan fingerprint density at radius 2 is 2.14 bits per heavy atom. The molecule has 0 aliphatic rings. The summed E-state index contributed by atoms with van der Waals surface area (Å²) in [5.41, 5.74) is 1.34. The highest BCUT2D eigenvalue weighted by molar-refractivity contribution is 5.93. The van der Waals surface area contributed by atoms with Crippen LogP contribution in [0.2, 0.25) is 0 Å². The Morgan fingerprint density at radius 1 is 1.29 bits per heavy atom. The molecule has 0 aliphatic carbocycles. The van der Waals surface area contributed by atoms with Crippen LogP contribution in [0.25, 0.3) is 0 Å². The van der Waals surface area contributed by atoms with Crippen molar-refractivity contribution in [3.8, 4) is 0 Å². The number of unbranched alkanes of at least 4 members (excludes halogenated alkanes) is 1. The van der Waals surface area contributed by atoms with Crippen LogP contribution in [-0.4, -0.2) is 50.9 Å². The van der Waals surface area contributed by atoms with Gasteiger partial charge in [-0.25, -0.2) is 0 Å². The van der Waals surface area contributed by atoms with Crippen molar-refractivity contribution in [3.63, 3.8) is 0 Å². The molecule has 0 unspecified atom stereocenters. The van der Waals surface area contributed by atoms with Crippen LogP contribution >= 0.6 is 0 Å². The first-order chi connectivity index (χ1) is 10.3. The van der Waals surface area contributed by atoms with E-state index in [1.54, 1.807) is 19.4 Å². The van der Waals surface area contributed by atoms with Gasteiger partial charge in [0, 0.05) is 38.7 Å². The molecule has 0 spiro atoms. The maximum Gasteiger partial charge on any atom is 0.269 e. The lowest BCUT2D eigenvalue weighted by Gasteiger charge is -2.07. The minimum atomic E-state index is -0.143. The fraction of sp³-hybridized carbons (Fsp3) is 0.600. The number of nitrogens with one attached hydrogen (secondary N) is 2. The number of hydrogen-bond donors (Lipinski definition) is 2. The van der Waals surface area contributed by atoms with Crippen molar-refractivity contribution < 1.29 is 14.3 Å². The van der Waals surface area contributed by atoms with E-state index in [0.29, 0.717) is 32.1 Å². The summed E-state index contributed by atoms with van der Waals surface area (Å²) < 4.78 is 10.2. The van der Waals surface area contributed by atoms with Crippen molar-refractivity contribution in [3.05, 3.63) is 24.0 Å². The lowest BCUT2D eigenvalue weighted by molar-refractivity contribution is 0.0686. The number of methoxy groups -OCH3 is 1. The molecule has 0 aromatic carbocycles. The van der Waals surface area contributed by atoms with Crippen LogP contribution in [0.5, 0.6) is 0 Å². The first kappa shape index (κ1) is 17.4. The molecule has 118 valence electrons. The fourth-order valence-corrected chi connectivity index (χ4v) is 1.73. The molecule has 0 atom stereocenters. The van der Waals surface area contributed by atoms with Crippen molar-refractivity contribution in [2.75, 3.05) is 45.3 Å². The van der Waals surface area contributed by atoms with Crippen LogP contribution in [0, 0.1) is 0 Å². The van der Waals surface area contributed by atoms with E-state index in [1.165, 1.54) is 0 Å². The SMILES string of the molecule is CCNc1ccnc(C(=O)NCCCCOCCOC)c1. The summed E-state index contributed by atoms with van der Waals surface area (Å²) in [4.78, 5) is 16.0. The van der Waals surface area contributed by atoms with Gasteiger partial charge in [-0.1, -0.05) is 0 Å². The number of ether oxygens (including phenoxy) is 2. The van der Waals surface area contributed by atoms with Gasteiger partial charge in [0.2, 0.25) is 0 Å². The fourth-order valence-electron chi connectivity index (χ4n) is 1.73. The summed E-state index contributed by atoms with van der Waals surface area (Å²) in [6.07, 6.45) is 3.43. The lowest BCUT2D eigenvalue weighted by Crippen LogP contribution is -2.25. The van der Waals surface area contributed by atoms with Gasteiger partial charge >= 0.3 is 0 Å². The molecule has 0 aliphatic heterocycles. The molecule has 2 N–H and O–H groups in total. The smallest absolute Gasteiger partial charge is 0.269 e. The molecule has 0 saturated heterocycles. The van der Waals surface area contributed by atoms with Gasteiger partial charge in [-0.15, -0.1) is 0 Å². The third-order valence-electron chi connectivity index (χ3n) is 2.81. The van der Waals surface area contributed by atoms with E-state index in [4.69, 9.17) is 9.47 Å². The van der Waals surface area contributed by atoms with Crippen LogP contribution in [0.4, 0.5) is 5.69 Å². The van der Waals surface area contributed by atoms with Gasteiger partial charge in [0.1, 0.15) is 5.69 Å². The van der Waals surface area contributed by atoms with Gasteiger partial charge in [-0.2, -0.15) is 0 Å². The Balaban J connectivity index is 2.17. The summed E-state index contributed by atoms with van der Waals surface area (Å²) >= 11 is 0. The number of carbonyl (C=O) groups excluding carboxylic acids is 1. The molecule has 1 aromatic heterocycles. The third-order valence-corrected chi connectivity index (χ3v) is 2.81. The number of rotatable bonds is 11. The van der Waals surface area contributed by atoms with E-state index >= 15 is 0 Å². The van der Waals surface area contributed by atoms with Gasteiger partial charge in [0.25, 0.3) is 5.91 Å². The molecule has 0 radical (unpaired) electrons. The molecule has 0 saturated carbocycles. The number of carbonyl (C=O) groups is 1. The van der Waals surface area contributed by atoms with Crippen LogP contribution in [0.3, 0.4) is 0 Å². The molecule has 0 fully saturated rings. The van der Waals surface area contributed by atoms with E-state index in [9.17, 15) is 4.79 Å². The van der Waals surface area contributed by atoms with E-state index in [-0.39, 0.29) is 5.91 Å². The second kappa shape index (κ2) is 11.0. The van der Waals surface area contributed by atoms with Gasteiger partial charge in [-0.05, 0) is 31.9 Å².